The summed E-state index contributed by atoms with van der Waals surface area (Å²) in [6.07, 6.45) is 1.78. The van der Waals surface area contributed by atoms with Gasteiger partial charge in [0.2, 0.25) is 0 Å². The first-order valence-corrected chi connectivity index (χ1v) is 5.70. The molecule has 5 heteroatoms. The van der Waals surface area contributed by atoms with Crippen LogP contribution in [0.2, 0.25) is 0 Å². The molecule has 1 aromatic heterocycles. The molecule has 0 saturated heterocycles. The Balaban J connectivity index is 2.50. The van der Waals surface area contributed by atoms with Gasteiger partial charge < -0.3 is 5.11 Å². The lowest BCUT2D eigenvalue weighted by atomic mass is 10.1. The molecule has 0 saturated carbocycles. The molecule has 0 bridgehead atoms. The molecule has 4 nitrogen and oxygen atoms in total. The Kier molecular flexibility index (Phi) is 4.23. The molecule has 0 unspecified atom stereocenters. The van der Waals surface area contributed by atoms with E-state index in [9.17, 15) is 4.79 Å². The number of aliphatic carboxylic acids is 1. The van der Waals surface area contributed by atoms with Crippen LogP contribution in [0.4, 0.5) is 0 Å². The average molecular weight is 228 g/mol. The summed E-state index contributed by atoms with van der Waals surface area (Å²) in [5.41, 5.74) is 0. The van der Waals surface area contributed by atoms with E-state index in [-0.39, 0.29) is 5.92 Å². The largest absolute Gasteiger partial charge is 0.480 e. The van der Waals surface area contributed by atoms with Gasteiger partial charge in [-0.05, 0) is 12.8 Å². The molecule has 0 aliphatic carbocycles. The lowest BCUT2D eigenvalue weighted by Gasteiger charge is -2.16. The summed E-state index contributed by atoms with van der Waals surface area (Å²) in [6.45, 7) is 6.29. The van der Waals surface area contributed by atoms with Crippen LogP contribution in [-0.4, -0.2) is 22.1 Å². The Morgan fingerprint density at radius 3 is 2.73 bits per heavy atom. The maximum absolute atomic E-state index is 10.9. The van der Waals surface area contributed by atoms with Gasteiger partial charge in [0.1, 0.15) is 6.04 Å². The summed E-state index contributed by atoms with van der Waals surface area (Å²) in [6, 6.07) is -0.493. The number of hydrogen-bond donors (Lipinski definition) is 2. The summed E-state index contributed by atoms with van der Waals surface area (Å²) >= 11 is 1.59. The number of aromatic nitrogens is 1. The van der Waals surface area contributed by atoms with Crippen LogP contribution < -0.4 is 5.32 Å². The highest BCUT2D eigenvalue weighted by atomic mass is 32.1. The van der Waals surface area contributed by atoms with Gasteiger partial charge in [0.25, 0.3) is 0 Å². The predicted octanol–water partition coefficient (Wildman–Crippen LogP) is 1.65. The summed E-state index contributed by atoms with van der Waals surface area (Å²) in [7, 11) is 0. The second-order valence-electron chi connectivity index (χ2n) is 3.79. The molecule has 84 valence electrons. The van der Waals surface area contributed by atoms with Crippen molar-refractivity contribution in [3.05, 3.63) is 16.1 Å². The number of thiazole rings is 1. The molecule has 1 aromatic rings. The molecule has 0 spiro atoms. The van der Waals surface area contributed by atoms with Crippen molar-refractivity contribution < 1.29 is 9.90 Å². The summed E-state index contributed by atoms with van der Waals surface area (Å²) in [5, 5.41) is 13.0. The lowest BCUT2D eigenvalue weighted by Crippen LogP contribution is -2.40. The van der Waals surface area contributed by atoms with Gasteiger partial charge in [-0.1, -0.05) is 13.8 Å². The zero-order valence-electron chi connectivity index (χ0n) is 9.15. The van der Waals surface area contributed by atoms with E-state index in [1.807, 2.05) is 20.8 Å². The van der Waals surface area contributed by atoms with Gasteiger partial charge >= 0.3 is 5.97 Å². The van der Waals surface area contributed by atoms with Crippen LogP contribution in [-0.2, 0) is 11.3 Å². The van der Waals surface area contributed by atoms with Crippen molar-refractivity contribution in [2.75, 3.05) is 0 Å². The van der Waals surface area contributed by atoms with Crippen molar-refractivity contribution in [1.82, 2.24) is 10.3 Å². The fraction of sp³-hybridized carbons (Fsp3) is 0.600. The van der Waals surface area contributed by atoms with Crippen LogP contribution in [0.5, 0.6) is 0 Å². The topological polar surface area (TPSA) is 62.2 Å². The van der Waals surface area contributed by atoms with Crippen LogP contribution in [0.25, 0.3) is 0 Å². The minimum absolute atomic E-state index is 0.0801. The van der Waals surface area contributed by atoms with E-state index in [1.54, 1.807) is 17.5 Å². The second-order valence-corrected chi connectivity index (χ2v) is 5.11. The number of nitrogens with one attached hydrogen (secondary N) is 1. The first kappa shape index (κ1) is 12.1. The van der Waals surface area contributed by atoms with E-state index >= 15 is 0 Å². The number of rotatable bonds is 5. The summed E-state index contributed by atoms with van der Waals surface area (Å²) in [5.74, 6) is -0.720. The zero-order chi connectivity index (χ0) is 11.4. The molecule has 1 rings (SSSR count). The number of carboxylic acid groups (broad SMARTS) is 1. The molecule has 0 aliphatic heterocycles. The van der Waals surface area contributed by atoms with Gasteiger partial charge in [-0.15, -0.1) is 11.3 Å². The molecule has 0 fully saturated rings. The van der Waals surface area contributed by atoms with Crippen molar-refractivity contribution >= 4 is 17.3 Å². The van der Waals surface area contributed by atoms with Crippen molar-refractivity contribution in [2.45, 2.75) is 33.4 Å². The Hall–Kier alpha value is -0.940. The van der Waals surface area contributed by atoms with Gasteiger partial charge in [0, 0.05) is 17.6 Å². The SMILES string of the molecule is Cc1ncc(CN[C@H](C(=O)O)C(C)C)s1. The first-order valence-electron chi connectivity index (χ1n) is 4.88. The average Bonchev–Trinajstić information content (AvgIpc) is 2.50. The number of nitrogens with zero attached hydrogens (tertiary/aromatic N) is 1. The summed E-state index contributed by atoms with van der Waals surface area (Å²) in [4.78, 5) is 16.1. The molecular weight excluding hydrogens is 212 g/mol. The normalized spacial score (nSPS) is 13.1. The van der Waals surface area contributed by atoms with Crippen LogP contribution >= 0.6 is 11.3 Å². The van der Waals surface area contributed by atoms with Crippen molar-refractivity contribution in [3.63, 3.8) is 0 Å². The number of carboxylic acids is 1. The van der Waals surface area contributed by atoms with E-state index in [1.165, 1.54) is 0 Å². The molecule has 15 heavy (non-hydrogen) atoms. The Bertz CT molecular complexity index is 336. The quantitative estimate of drug-likeness (QED) is 0.804. The first-order chi connectivity index (χ1) is 7.00. The number of aryl methyl sites for hydroxylation is 1. The highest BCUT2D eigenvalue weighted by molar-refractivity contribution is 7.11. The number of hydrogen-bond acceptors (Lipinski definition) is 4. The monoisotopic (exact) mass is 228 g/mol. The van der Waals surface area contributed by atoms with Crippen LogP contribution in [0.15, 0.2) is 6.20 Å². The third kappa shape index (κ3) is 3.60. The molecular formula is C10H16N2O2S. The van der Waals surface area contributed by atoms with Crippen LogP contribution in [0.3, 0.4) is 0 Å². The Morgan fingerprint density at radius 2 is 2.33 bits per heavy atom. The molecule has 1 atom stereocenters. The van der Waals surface area contributed by atoms with Gasteiger partial charge in [0.05, 0.1) is 5.01 Å². The van der Waals surface area contributed by atoms with Gasteiger partial charge in [-0.25, -0.2) is 4.98 Å². The third-order valence-corrected chi connectivity index (χ3v) is 3.01. The van der Waals surface area contributed by atoms with E-state index in [4.69, 9.17) is 5.11 Å². The predicted molar refractivity (Wildman–Crippen MR) is 60.0 cm³/mol. The van der Waals surface area contributed by atoms with Gasteiger partial charge in [0.15, 0.2) is 0 Å². The molecule has 0 radical (unpaired) electrons. The lowest BCUT2D eigenvalue weighted by molar-refractivity contribution is -0.140. The second kappa shape index (κ2) is 5.23. The van der Waals surface area contributed by atoms with Crippen molar-refractivity contribution in [2.24, 2.45) is 5.92 Å². The van der Waals surface area contributed by atoms with E-state index < -0.39 is 12.0 Å². The smallest absolute Gasteiger partial charge is 0.320 e. The zero-order valence-corrected chi connectivity index (χ0v) is 9.97. The fourth-order valence-electron chi connectivity index (χ4n) is 1.31. The molecule has 2 N–H and O–H groups in total. The minimum Gasteiger partial charge on any atom is -0.480 e. The number of carbonyl (C=O) groups is 1. The van der Waals surface area contributed by atoms with Crippen molar-refractivity contribution in [1.29, 1.82) is 0 Å². The maximum atomic E-state index is 10.9. The highest BCUT2D eigenvalue weighted by Crippen LogP contribution is 2.12. The van der Waals surface area contributed by atoms with Crippen molar-refractivity contribution in [3.8, 4) is 0 Å². The van der Waals surface area contributed by atoms with Crippen LogP contribution in [0, 0.1) is 12.8 Å². The third-order valence-electron chi connectivity index (χ3n) is 2.10. The fourth-order valence-corrected chi connectivity index (χ4v) is 2.05. The standard InChI is InChI=1S/C10H16N2O2S/c1-6(2)9(10(13)14)12-5-8-4-11-7(3)15-8/h4,6,9,12H,5H2,1-3H3,(H,13,14)/t9-/m0/s1. The maximum Gasteiger partial charge on any atom is 0.320 e. The van der Waals surface area contributed by atoms with E-state index in [0.29, 0.717) is 6.54 Å². The Labute approximate surface area is 93.4 Å². The highest BCUT2D eigenvalue weighted by Gasteiger charge is 2.20. The molecule has 0 aliphatic rings. The minimum atomic E-state index is -0.800. The van der Waals surface area contributed by atoms with E-state index in [0.717, 1.165) is 9.88 Å². The Morgan fingerprint density at radius 1 is 1.67 bits per heavy atom. The molecule has 1 heterocycles. The van der Waals surface area contributed by atoms with E-state index in [2.05, 4.69) is 10.3 Å². The summed E-state index contributed by atoms with van der Waals surface area (Å²) < 4.78 is 0. The van der Waals surface area contributed by atoms with Gasteiger partial charge in [-0.2, -0.15) is 0 Å². The van der Waals surface area contributed by atoms with Gasteiger partial charge in [-0.3, -0.25) is 10.1 Å². The molecule has 0 aromatic carbocycles. The molecule has 0 amide bonds. The van der Waals surface area contributed by atoms with Crippen LogP contribution in [0.1, 0.15) is 23.7 Å².